The van der Waals surface area contributed by atoms with Crippen LogP contribution in [0.25, 0.3) is 0 Å². The number of hydrogen-bond donors (Lipinski definition) is 0. The second-order valence-corrected chi connectivity index (χ2v) is 3.55. The molecule has 0 aliphatic heterocycles. The molecular weight excluding hydrogens is 84.1 g/mol. The zero-order chi connectivity index (χ0) is 4.43. The van der Waals surface area contributed by atoms with E-state index in [0.29, 0.717) is 0 Å². The predicted octanol–water partition coefficient (Wildman–Crippen LogP) is 1.66. The lowest BCUT2D eigenvalue weighted by atomic mass is 10.2. The molecule has 4 atom stereocenters. The maximum absolute atomic E-state index is 1.62. The fourth-order valence-corrected chi connectivity index (χ4v) is 2.52. The summed E-state index contributed by atoms with van der Waals surface area (Å²) in [6.07, 6.45) is 4.84. The third-order valence-corrected chi connectivity index (χ3v) is 3.11. The maximum Gasteiger partial charge on any atom is -0.0352 e. The van der Waals surface area contributed by atoms with Crippen molar-refractivity contribution in [3.8, 4) is 0 Å². The van der Waals surface area contributed by atoms with Crippen molar-refractivity contribution in [3.63, 3.8) is 0 Å². The zero-order valence-electron chi connectivity index (χ0n) is 4.43. The van der Waals surface area contributed by atoms with Gasteiger partial charge in [-0.1, -0.05) is 0 Å². The van der Waals surface area contributed by atoms with E-state index in [9.17, 15) is 0 Å². The van der Waals surface area contributed by atoms with Gasteiger partial charge in [-0.2, -0.15) is 0 Å². The van der Waals surface area contributed by atoms with Gasteiger partial charge in [0.2, 0.25) is 0 Å². The van der Waals surface area contributed by atoms with Crippen LogP contribution in [0.5, 0.6) is 0 Å². The fourth-order valence-electron chi connectivity index (χ4n) is 2.52. The summed E-state index contributed by atoms with van der Waals surface area (Å²) in [6.45, 7) is 0. The molecule has 3 aliphatic carbocycles. The van der Waals surface area contributed by atoms with Gasteiger partial charge in [0.15, 0.2) is 0 Å². The molecule has 0 nitrogen and oxygen atoms in total. The Bertz CT molecular complexity index is 103. The van der Waals surface area contributed by atoms with E-state index in [2.05, 4.69) is 0 Å². The van der Waals surface area contributed by atoms with E-state index in [1.54, 1.807) is 19.3 Å². The lowest BCUT2D eigenvalue weighted by Gasteiger charge is -1.82. The second-order valence-electron chi connectivity index (χ2n) is 3.55. The van der Waals surface area contributed by atoms with E-state index in [1.165, 1.54) is 23.7 Å². The van der Waals surface area contributed by atoms with E-state index in [-0.39, 0.29) is 0 Å². The van der Waals surface area contributed by atoms with Gasteiger partial charge in [0, 0.05) is 0 Å². The monoisotopic (exact) mass is 94.1 g/mol. The zero-order valence-corrected chi connectivity index (χ0v) is 4.43. The molecule has 0 saturated heterocycles. The van der Waals surface area contributed by atoms with Crippen LogP contribution in [0.1, 0.15) is 19.3 Å². The minimum Gasteiger partial charge on any atom is -0.0470 e. The first kappa shape index (κ1) is 3.11. The molecule has 0 amide bonds. The molecule has 0 unspecified atom stereocenters. The molecule has 0 heteroatoms. The van der Waals surface area contributed by atoms with Gasteiger partial charge < -0.3 is 0 Å². The highest BCUT2D eigenvalue weighted by Crippen LogP contribution is 2.69. The smallest absolute Gasteiger partial charge is 0.0352 e. The summed E-state index contributed by atoms with van der Waals surface area (Å²) in [5.41, 5.74) is 0. The Labute approximate surface area is 43.9 Å². The Balaban J connectivity index is 2.02. The van der Waals surface area contributed by atoms with Crippen molar-refractivity contribution in [2.45, 2.75) is 19.3 Å². The van der Waals surface area contributed by atoms with Crippen molar-refractivity contribution < 1.29 is 0 Å². The number of fused-ring (bicyclic) bond motifs is 3. The van der Waals surface area contributed by atoms with Gasteiger partial charge in [0.25, 0.3) is 0 Å². The SMILES string of the molecule is C1[C@H]2C[C@@H]2[C@H]2C[C@H]12. The van der Waals surface area contributed by atoms with Gasteiger partial charge in [-0.05, 0) is 42.9 Å². The van der Waals surface area contributed by atoms with E-state index in [4.69, 9.17) is 0 Å². The highest BCUT2D eigenvalue weighted by molar-refractivity contribution is 5.10. The summed E-state index contributed by atoms with van der Waals surface area (Å²) in [5, 5.41) is 0. The highest BCUT2D eigenvalue weighted by Gasteiger charge is 2.60. The molecule has 0 aromatic heterocycles. The van der Waals surface area contributed by atoms with Crippen LogP contribution < -0.4 is 0 Å². The van der Waals surface area contributed by atoms with Gasteiger partial charge in [-0.25, -0.2) is 0 Å². The molecule has 0 spiro atoms. The minimum absolute atomic E-state index is 1.24. The Hall–Kier alpha value is 0. The number of hydrogen-bond acceptors (Lipinski definition) is 0. The van der Waals surface area contributed by atoms with E-state index >= 15 is 0 Å². The molecule has 3 saturated carbocycles. The van der Waals surface area contributed by atoms with Crippen LogP contribution in [0, 0.1) is 23.7 Å². The average molecular weight is 94.2 g/mol. The van der Waals surface area contributed by atoms with Crippen molar-refractivity contribution in [2.75, 3.05) is 0 Å². The van der Waals surface area contributed by atoms with Gasteiger partial charge in [-0.15, -0.1) is 0 Å². The molecule has 0 aromatic rings. The molecule has 3 aliphatic rings. The first-order valence-corrected chi connectivity index (χ1v) is 3.45. The quantitative estimate of drug-likeness (QED) is 0.428. The van der Waals surface area contributed by atoms with Crippen LogP contribution >= 0.6 is 0 Å². The first-order chi connectivity index (χ1) is 3.45. The summed E-state index contributed by atoms with van der Waals surface area (Å²) in [5.74, 6) is 4.99. The Kier molecular flexibility index (Phi) is 0.296. The largest absolute Gasteiger partial charge is 0.0470 e. The molecule has 0 N–H and O–H groups in total. The second kappa shape index (κ2) is 0.667. The van der Waals surface area contributed by atoms with Crippen LogP contribution in [-0.4, -0.2) is 0 Å². The lowest BCUT2D eigenvalue weighted by Crippen LogP contribution is -1.72. The maximum atomic E-state index is 1.62. The van der Waals surface area contributed by atoms with Gasteiger partial charge in [0.1, 0.15) is 0 Å². The first-order valence-electron chi connectivity index (χ1n) is 3.45. The van der Waals surface area contributed by atoms with Crippen LogP contribution in [0.2, 0.25) is 0 Å². The molecule has 0 bridgehead atoms. The Morgan fingerprint density at radius 2 is 1.29 bits per heavy atom. The summed E-state index contributed by atoms with van der Waals surface area (Å²) in [7, 11) is 0. The third-order valence-electron chi connectivity index (χ3n) is 3.11. The molecule has 3 rings (SSSR count). The minimum atomic E-state index is 1.24. The standard InChI is InChI=1S/C7H10/c1-4-2-6(4)7-3-5(1)7/h4-7H,1-3H2/t4-,5-,6-,7-/m0/s1. The van der Waals surface area contributed by atoms with Crippen LogP contribution in [0.15, 0.2) is 0 Å². The third kappa shape index (κ3) is 0.240. The van der Waals surface area contributed by atoms with E-state index < -0.39 is 0 Å². The van der Waals surface area contributed by atoms with Crippen molar-refractivity contribution in [1.29, 1.82) is 0 Å². The van der Waals surface area contributed by atoms with Crippen molar-refractivity contribution in [1.82, 2.24) is 0 Å². The van der Waals surface area contributed by atoms with E-state index in [0.717, 1.165) is 0 Å². The summed E-state index contributed by atoms with van der Waals surface area (Å²) >= 11 is 0. The summed E-state index contributed by atoms with van der Waals surface area (Å²) in [4.78, 5) is 0. The van der Waals surface area contributed by atoms with Crippen molar-refractivity contribution in [2.24, 2.45) is 23.7 Å². The van der Waals surface area contributed by atoms with E-state index in [1.807, 2.05) is 0 Å². The molecule has 0 aromatic carbocycles. The van der Waals surface area contributed by atoms with Crippen LogP contribution in [0.3, 0.4) is 0 Å². The Morgan fingerprint density at radius 3 is 1.57 bits per heavy atom. The normalized spacial score (nSPS) is 72.0. The highest BCUT2D eigenvalue weighted by atomic mass is 14.7. The van der Waals surface area contributed by atoms with Gasteiger partial charge in [-0.3, -0.25) is 0 Å². The molecule has 38 valence electrons. The molecule has 0 heterocycles. The molecule has 7 heavy (non-hydrogen) atoms. The van der Waals surface area contributed by atoms with Crippen LogP contribution in [0.4, 0.5) is 0 Å². The lowest BCUT2D eigenvalue weighted by molar-refractivity contribution is 0.689. The summed E-state index contributed by atoms with van der Waals surface area (Å²) < 4.78 is 0. The topological polar surface area (TPSA) is 0 Å². The fraction of sp³-hybridized carbons (Fsp3) is 1.00. The van der Waals surface area contributed by atoms with Crippen molar-refractivity contribution in [3.05, 3.63) is 0 Å². The molecule has 3 fully saturated rings. The van der Waals surface area contributed by atoms with Crippen LogP contribution in [-0.2, 0) is 0 Å². The average Bonchev–Trinajstić information content (AvgIpc) is 2.47. The molecule has 0 radical (unpaired) electrons. The van der Waals surface area contributed by atoms with Gasteiger partial charge >= 0.3 is 0 Å². The predicted molar refractivity (Wildman–Crippen MR) is 27.8 cm³/mol. The van der Waals surface area contributed by atoms with Gasteiger partial charge in [0.05, 0.1) is 0 Å². The number of rotatable bonds is 0. The molecular formula is C7H10. The Morgan fingerprint density at radius 1 is 0.714 bits per heavy atom. The summed E-state index contributed by atoms with van der Waals surface area (Å²) in [6, 6.07) is 0. The van der Waals surface area contributed by atoms with Crippen molar-refractivity contribution >= 4 is 0 Å².